The zero-order valence-electron chi connectivity index (χ0n) is 18.6. The molecule has 0 unspecified atom stereocenters. The van der Waals surface area contributed by atoms with E-state index in [0.717, 1.165) is 0 Å². The Bertz CT molecular complexity index is 643. The summed E-state index contributed by atoms with van der Waals surface area (Å²) in [6.07, 6.45) is -12.0. The third kappa shape index (κ3) is 6.38. The quantitative estimate of drug-likeness (QED) is 0.166. The largest absolute Gasteiger partial charge is 0.460 e. The van der Waals surface area contributed by atoms with E-state index < -0.39 is 86.6 Å². The number of carbonyl (C=O) groups excluding carboxylic acids is 2. The van der Waals surface area contributed by atoms with E-state index in [1.54, 1.807) is 13.8 Å². The van der Waals surface area contributed by atoms with Gasteiger partial charge in [-0.05, 0) is 12.8 Å². The Labute approximate surface area is 190 Å². The highest BCUT2D eigenvalue weighted by Gasteiger charge is 2.61. The number of aliphatic hydroxyl groups is 6. The molecule has 6 N–H and O–H groups in total. The van der Waals surface area contributed by atoms with Crippen molar-refractivity contribution in [2.24, 2.45) is 0 Å². The maximum absolute atomic E-state index is 12.2. The van der Waals surface area contributed by atoms with Crippen molar-refractivity contribution in [1.29, 1.82) is 0 Å². The summed E-state index contributed by atoms with van der Waals surface area (Å²) >= 11 is 0. The number of carbonyl (C=O) groups is 2. The Morgan fingerprint density at radius 1 is 0.848 bits per heavy atom. The molecular formula is C20H34O13. The van der Waals surface area contributed by atoms with Gasteiger partial charge in [0.05, 0.1) is 13.2 Å². The minimum absolute atomic E-state index is 0.0151. The van der Waals surface area contributed by atoms with Crippen molar-refractivity contribution in [2.45, 2.75) is 94.3 Å². The Morgan fingerprint density at radius 3 is 2.03 bits per heavy atom. The predicted octanol–water partition coefficient (Wildman–Crippen LogP) is -2.69. The van der Waals surface area contributed by atoms with E-state index in [-0.39, 0.29) is 12.8 Å². The van der Waals surface area contributed by atoms with E-state index >= 15 is 0 Å². The van der Waals surface area contributed by atoms with Crippen LogP contribution in [0.5, 0.6) is 0 Å². The molecule has 13 heteroatoms. The van der Waals surface area contributed by atoms with Gasteiger partial charge in [-0.25, -0.2) is 0 Å². The van der Waals surface area contributed by atoms with Crippen LogP contribution in [0, 0.1) is 0 Å². The topological polar surface area (TPSA) is 202 Å². The van der Waals surface area contributed by atoms with Crippen LogP contribution in [0.2, 0.25) is 0 Å². The van der Waals surface area contributed by atoms with Gasteiger partial charge < -0.3 is 54.3 Å². The standard InChI is InChI=1S/C20H34O13/c1-3-5-12(23)29-9-20(33-19-17(28)16(27)14(25)10(7-21)30-19)18(31-13(24)6-4-2)15(26)11(8-22)32-20/h10-11,14-19,21-22,25-28H,3-9H2,1-2H3/t10-,11-,14-,15-,16+,17-,18+,19-,20+/m1/s1. The van der Waals surface area contributed by atoms with Gasteiger partial charge in [0, 0.05) is 12.8 Å². The number of ether oxygens (including phenoxy) is 5. The zero-order valence-corrected chi connectivity index (χ0v) is 18.6. The smallest absolute Gasteiger partial charge is 0.306 e. The average molecular weight is 482 g/mol. The number of hydrogen-bond acceptors (Lipinski definition) is 13. The summed E-state index contributed by atoms with van der Waals surface area (Å²) in [5, 5.41) is 60.1. The second-order valence-corrected chi connectivity index (χ2v) is 8.03. The van der Waals surface area contributed by atoms with E-state index in [0.29, 0.717) is 12.8 Å². The second-order valence-electron chi connectivity index (χ2n) is 8.03. The van der Waals surface area contributed by atoms with Gasteiger partial charge in [-0.2, -0.15) is 0 Å². The minimum atomic E-state index is -2.24. The first-order valence-electron chi connectivity index (χ1n) is 10.9. The Morgan fingerprint density at radius 2 is 1.45 bits per heavy atom. The zero-order chi connectivity index (χ0) is 24.8. The van der Waals surface area contributed by atoms with Crippen molar-refractivity contribution < 1.29 is 63.9 Å². The molecule has 0 aromatic rings. The predicted molar refractivity (Wildman–Crippen MR) is 106 cm³/mol. The molecule has 13 nitrogen and oxygen atoms in total. The van der Waals surface area contributed by atoms with Gasteiger partial charge in [0.2, 0.25) is 5.79 Å². The molecule has 9 atom stereocenters. The van der Waals surface area contributed by atoms with Crippen LogP contribution in [0.15, 0.2) is 0 Å². The van der Waals surface area contributed by atoms with Crippen LogP contribution in [-0.4, -0.2) is 117 Å². The van der Waals surface area contributed by atoms with Crippen molar-refractivity contribution in [1.82, 2.24) is 0 Å². The molecule has 2 fully saturated rings. The van der Waals surface area contributed by atoms with Gasteiger partial charge in [0.15, 0.2) is 12.4 Å². The summed E-state index contributed by atoms with van der Waals surface area (Å²) in [5.41, 5.74) is 0. The summed E-state index contributed by atoms with van der Waals surface area (Å²) in [7, 11) is 0. The highest BCUT2D eigenvalue weighted by molar-refractivity contribution is 5.70. The van der Waals surface area contributed by atoms with Crippen molar-refractivity contribution in [3.8, 4) is 0 Å². The molecule has 0 aromatic heterocycles. The lowest BCUT2D eigenvalue weighted by molar-refractivity contribution is -0.384. The van der Waals surface area contributed by atoms with Crippen LogP contribution < -0.4 is 0 Å². The molecule has 2 aliphatic rings. The molecule has 0 spiro atoms. The number of aliphatic hydroxyl groups excluding tert-OH is 6. The number of hydrogen-bond donors (Lipinski definition) is 6. The molecule has 0 aromatic carbocycles. The molecule has 2 heterocycles. The van der Waals surface area contributed by atoms with Crippen LogP contribution in [0.25, 0.3) is 0 Å². The van der Waals surface area contributed by atoms with Crippen molar-refractivity contribution >= 4 is 11.9 Å². The Hall–Kier alpha value is -1.42. The van der Waals surface area contributed by atoms with Gasteiger partial charge in [0.25, 0.3) is 0 Å². The third-order valence-electron chi connectivity index (χ3n) is 5.42. The first-order valence-corrected chi connectivity index (χ1v) is 10.9. The SMILES string of the molecule is CCCC(=O)OC[C@@]1(O[C@H]2O[C@H](CO)[C@@H](O)[C@H](O)[C@H]2O)O[C@H](CO)[C@@H](O)[C@@H]1OC(=O)CCC. The van der Waals surface area contributed by atoms with Crippen molar-refractivity contribution in [2.75, 3.05) is 19.8 Å². The van der Waals surface area contributed by atoms with Crippen LogP contribution in [0.3, 0.4) is 0 Å². The van der Waals surface area contributed by atoms with Crippen molar-refractivity contribution in [3.63, 3.8) is 0 Å². The van der Waals surface area contributed by atoms with Crippen LogP contribution in [0.4, 0.5) is 0 Å². The molecular weight excluding hydrogens is 448 g/mol. The average Bonchev–Trinajstić information content (AvgIpc) is 3.04. The molecule has 0 aliphatic carbocycles. The Balaban J connectivity index is 2.38. The molecule has 2 aliphatic heterocycles. The first-order chi connectivity index (χ1) is 15.6. The lowest BCUT2D eigenvalue weighted by atomic mass is 9.99. The van der Waals surface area contributed by atoms with E-state index in [9.17, 15) is 40.2 Å². The highest BCUT2D eigenvalue weighted by Crippen LogP contribution is 2.38. The van der Waals surface area contributed by atoms with Crippen LogP contribution in [-0.2, 0) is 33.3 Å². The highest BCUT2D eigenvalue weighted by atomic mass is 16.8. The molecule has 0 radical (unpaired) electrons. The van der Waals surface area contributed by atoms with Crippen LogP contribution >= 0.6 is 0 Å². The summed E-state index contributed by atoms with van der Waals surface area (Å²) in [5.74, 6) is -3.63. The molecule has 0 amide bonds. The monoisotopic (exact) mass is 482 g/mol. The van der Waals surface area contributed by atoms with Gasteiger partial charge >= 0.3 is 11.9 Å². The van der Waals surface area contributed by atoms with Gasteiger partial charge in [0.1, 0.15) is 43.2 Å². The summed E-state index contributed by atoms with van der Waals surface area (Å²) in [6.45, 7) is 1.29. The normalized spacial score (nSPS) is 38.8. The molecule has 2 rings (SSSR count). The molecule has 192 valence electrons. The van der Waals surface area contributed by atoms with E-state index in [1.165, 1.54) is 0 Å². The Kier molecular flexibility index (Phi) is 10.4. The maximum atomic E-state index is 12.2. The molecule has 33 heavy (non-hydrogen) atoms. The fourth-order valence-electron chi connectivity index (χ4n) is 3.62. The van der Waals surface area contributed by atoms with Gasteiger partial charge in [-0.15, -0.1) is 0 Å². The molecule has 0 bridgehead atoms. The van der Waals surface area contributed by atoms with Gasteiger partial charge in [-0.1, -0.05) is 13.8 Å². The van der Waals surface area contributed by atoms with E-state index in [2.05, 4.69) is 0 Å². The number of rotatable bonds is 11. The maximum Gasteiger partial charge on any atom is 0.306 e. The fraction of sp³-hybridized carbons (Fsp3) is 0.900. The second kappa shape index (κ2) is 12.3. The third-order valence-corrected chi connectivity index (χ3v) is 5.42. The lowest BCUT2D eigenvalue weighted by Gasteiger charge is -2.43. The molecule has 0 saturated carbocycles. The summed E-state index contributed by atoms with van der Waals surface area (Å²) in [4.78, 5) is 24.2. The van der Waals surface area contributed by atoms with E-state index in [4.69, 9.17) is 23.7 Å². The lowest BCUT2D eigenvalue weighted by Crippen LogP contribution is -2.63. The van der Waals surface area contributed by atoms with E-state index in [1.807, 2.05) is 0 Å². The molecule has 2 saturated heterocycles. The van der Waals surface area contributed by atoms with Crippen molar-refractivity contribution in [3.05, 3.63) is 0 Å². The first kappa shape index (κ1) is 27.8. The van der Waals surface area contributed by atoms with Gasteiger partial charge in [-0.3, -0.25) is 9.59 Å². The minimum Gasteiger partial charge on any atom is -0.460 e. The summed E-state index contributed by atoms with van der Waals surface area (Å²) in [6, 6.07) is 0. The number of esters is 2. The summed E-state index contributed by atoms with van der Waals surface area (Å²) < 4.78 is 27.2. The van der Waals surface area contributed by atoms with Crippen LogP contribution in [0.1, 0.15) is 39.5 Å². The fourth-order valence-corrected chi connectivity index (χ4v) is 3.62.